The van der Waals surface area contributed by atoms with E-state index in [9.17, 15) is 9.59 Å². The first-order valence-electron chi connectivity index (χ1n) is 7.98. The fourth-order valence-corrected chi connectivity index (χ4v) is 3.29. The lowest BCUT2D eigenvalue weighted by Crippen LogP contribution is -2.54. The van der Waals surface area contributed by atoms with Crippen LogP contribution in [0.2, 0.25) is 0 Å². The Labute approximate surface area is 131 Å². The van der Waals surface area contributed by atoms with Gasteiger partial charge in [-0.2, -0.15) is 0 Å². The van der Waals surface area contributed by atoms with E-state index in [0.717, 1.165) is 18.7 Å². The van der Waals surface area contributed by atoms with E-state index in [2.05, 4.69) is 41.5 Å². The van der Waals surface area contributed by atoms with Crippen LogP contribution in [-0.2, 0) is 9.59 Å². The summed E-state index contributed by atoms with van der Waals surface area (Å²) in [5.74, 6) is -0.541. The van der Waals surface area contributed by atoms with Gasteiger partial charge in [-0.3, -0.25) is 14.9 Å². The second-order valence-corrected chi connectivity index (χ2v) is 6.41. The monoisotopic (exact) mass is 301 g/mol. The van der Waals surface area contributed by atoms with Crippen LogP contribution in [0.15, 0.2) is 24.3 Å². The van der Waals surface area contributed by atoms with Crippen molar-refractivity contribution in [1.82, 2.24) is 10.6 Å². The number of hydrogen-bond donors (Lipinski definition) is 2. The number of carbonyl (C=O) groups excluding carboxylic acids is 2. The van der Waals surface area contributed by atoms with Crippen LogP contribution in [-0.4, -0.2) is 37.0 Å². The van der Waals surface area contributed by atoms with Gasteiger partial charge in [0.1, 0.15) is 0 Å². The second-order valence-electron chi connectivity index (χ2n) is 6.41. The molecule has 0 aliphatic carbocycles. The molecule has 0 aromatic heterocycles. The van der Waals surface area contributed by atoms with Crippen LogP contribution in [0, 0.1) is 0 Å². The van der Waals surface area contributed by atoms with Crippen LogP contribution >= 0.6 is 0 Å². The minimum absolute atomic E-state index is 0.165. The number of rotatable bonds is 2. The van der Waals surface area contributed by atoms with Gasteiger partial charge in [0.05, 0.1) is 5.92 Å². The predicted molar refractivity (Wildman–Crippen MR) is 85.8 cm³/mol. The lowest BCUT2D eigenvalue weighted by atomic mass is 9.90. The topological polar surface area (TPSA) is 61.4 Å². The summed E-state index contributed by atoms with van der Waals surface area (Å²) in [6, 6.07) is 9.16. The normalized spacial score (nSPS) is 29.4. The molecule has 0 bridgehead atoms. The van der Waals surface area contributed by atoms with Crippen molar-refractivity contribution < 1.29 is 9.59 Å². The standard InChI is InChI=1S/C17H23N3O2/c1-11-10-20(12(2)9-18-11)14-5-3-13(4-6-14)15-7-8-16(21)19-17(15)22/h3-6,11-12,15,18H,7-10H2,1-2H3,(H,19,21,22)/t11-,12-,15?/m0/s1. The summed E-state index contributed by atoms with van der Waals surface area (Å²) >= 11 is 0. The van der Waals surface area contributed by atoms with E-state index >= 15 is 0 Å². The molecule has 2 fully saturated rings. The molecule has 5 heteroatoms. The summed E-state index contributed by atoms with van der Waals surface area (Å²) < 4.78 is 0. The van der Waals surface area contributed by atoms with Crippen molar-refractivity contribution in [2.45, 2.75) is 44.7 Å². The maximum Gasteiger partial charge on any atom is 0.234 e. The van der Waals surface area contributed by atoms with Gasteiger partial charge in [-0.15, -0.1) is 0 Å². The smallest absolute Gasteiger partial charge is 0.234 e. The van der Waals surface area contributed by atoms with E-state index in [1.165, 1.54) is 5.69 Å². The second kappa shape index (κ2) is 6.08. The molecule has 22 heavy (non-hydrogen) atoms. The van der Waals surface area contributed by atoms with Gasteiger partial charge < -0.3 is 10.2 Å². The molecule has 2 heterocycles. The number of carbonyl (C=O) groups is 2. The lowest BCUT2D eigenvalue weighted by molar-refractivity contribution is -0.134. The van der Waals surface area contributed by atoms with Crippen LogP contribution in [0.25, 0.3) is 0 Å². The highest BCUT2D eigenvalue weighted by atomic mass is 16.2. The highest BCUT2D eigenvalue weighted by Crippen LogP contribution is 2.27. The Kier molecular flexibility index (Phi) is 4.16. The van der Waals surface area contributed by atoms with Gasteiger partial charge >= 0.3 is 0 Å². The molecule has 118 valence electrons. The average Bonchev–Trinajstić information content (AvgIpc) is 2.50. The maximum absolute atomic E-state index is 11.9. The van der Waals surface area contributed by atoms with E-state index in [1.54, 1.807) is 0 Å². The minimum atomic E-state index is -0.203. The highest BCUT2D eigenvalue weighted by molar-refractivity contribution is 6.00. The fraction of sp³-hybridized carbons (Fsp3) is 0.529. The number of piperazine rings is 1. The average molecular weight is 301 g/mol. The molecule has 3 rings (SSSR count). The summed E-state index contributed by atoms with van der Waals surface area (Å²) in [5.41, 5.74) is 2.18. The van der Waals surface area contributed by atoms with Gasteiger partial charge in [-0.25, -0.2) is 0 Å². The number of nitrogens with zero attached hydrogens (tertiary/aromatic N) is 1. The zero-order valence-corrected chi connectivity index (χ0v) is 13.1. The zero-order valence-electron chi connectivity index (χ0n) is 13.1. The molecular formula is C17H23N3O2. The Morgan fingerprint density at radius 1 is 1.14 bits per heavy atom. The van der Waals surface area contributed by atoms with E-state index in [4.69, 9.17) is 0 Å². The van der Waals surface area contributed by atoms with Crippen LogP contribution in [0.4, 0.5) is 5.69 Å². The Balaban J connectivity index is 1.75. The molecule has 2 N–H and O–H groups in total. The summed E-state index contributed by atoms with van der Waals surface area (Å²) in [6.07, 6.45) is 1.02. The number of imide groups is 1. The number of piperidine rings is 1. The first-order chi connectivity index (χ1) is 10.5. The summed E-state index contributed by atoms with van der Waals surface area (Å²) in [6.45, 7) is 6.37. The molecule has 0 radical (unpaired) electrons. The van der Waals surface area contributed by atoms with Crippen LogP contribution < -0.4 is 15.5 Å². The lowest BCUT2D eigenvalue weighted by Gasteiger charge is -2.39. The molecule has 0 spiro atoms. The number of nitrogens with one attached hydrogen (secondary N) is 2. The molecule has 2 amide bonds. The highest BCUT2D eigenvalue weighted by Gasteiger charge is 2.28. The Bertz CT molecular complexity index is 570. The molecule has 2 aliphatic heterocycles. The van der Waals surface area contributed by atoms with Crippen molar-refractivity contribution in [2.24, 2.45) is 0 Å². The van der Waals surface area contributed by atoms with Gasteiger partial charge in [0.25, 0.3) is 0 Å². The van der Waals surface area contributed by atoms with E-state index < -0.39 is 0 Å². The van der Waals surface area contributed by atoms with Gasteiger partial charge in [-0.1, -0.05) is 12.1 Å². The molecular weight excluding hydrogens is 278 g/mol. The van der Waals surface area contributed by atoms with Crippen molar-refractivity contribution in [3.8, 4) is 0 Å². The van der Waals surface area contributed by atoms with Gasteiger partial charge in [0.2, 0.25) is 11.8 Å². The molecule has 2 saturated heterocycles. The van der Waals surface area contributed by atoms with Crippen LogP contribution in [0.5, 0.6) is 0 Å². The Morgan fingerprint density at radius 2 is 1.86 bits per heavy atom. The van der Waals surface area contributed by atoms with Crippen molar-refractivity contribution in [3.63, 3.8) is 0 Å². The molecule has 1 aromatic carbocycles. The summed E-state index contributed by atoms with van der Waals surface area (Å²) in [4.78, 5) is 25.6. The number of benzene rings is 1. The van der Waals surface area contributed by atoms with Crippen LogP contribution in [0.3, 0.4) is 0 Å². The van der Waals surface area contributed by atoms with E-state index in [-0.39, 0.29) is 17.7 Å². The first kappa shape index (κ1) is 15.0. The molecule has 1 aromatic rings. The van der Waals surface area contributed by atoms with Crippen LogP contribution in [0.1, 0.15) is 38.2 Å². The molecule has 3 atom stereocenters. The third-order valence-corrected chi connectivity index (χ3v) is 4.63. The Morgan fingerprint density at radius 3 is 2.55 bits per heavy atom. The van der Waals surface area contributed by atoms with Crippen molar-refractivity contribution in [1.29, 1.82) is 0 Å². The SMILES string of the molecule is C[C@H]1CN(c2ccc(C3CCC(=O)NC3=O)cc2)[C@@H](C)CN1. The number of anilines is 1. The Hall–Kier alpha value is -1.88. The predicted octanol–water partition coefficient (Wildman–Crippen LogP) is 1.39. The van der Waals surface area contributed by atoms with Gasteiger partial charge in [0, 0.05) is 37.3 Å². The summed E-state index contributed by atoms with van der Waals surface area (Å²) in [5, 5.41) is 5.90. The van der Waals surface area contributed by atoms with Crippen molar-refractivity contribution in [2.75, 3.05) is 18.0 Å². The van der Waals surface area contributed by atoms with Crippen molar-refractivity contribution in [3.05, 3.63) is 29.8 Å². The number of amides is 2. The third-order valence-electron chi connectivity index (χ3n) is 4.63. The van der Waals surface area contributed by atoms with E-state index in [0.29, 0.717) is 24.9 Å². The van der Waals surface area contributed by atoms with E-state index in [1.807, 2.05) is 12.1 Å². The molecule has 2 aliphatic rings. The maximum atomic E-state index is 11.9. The third kappa shape index (κ3) is 2.99. The minimum Gasteiger partial charge on any atom is -0.366 e. The first-order valence-corrected chi connectivity index (χ1v) is 7.98. The number of hydrogen-bond acceptors (Lipinski definition) is 4. The quantitative estimate of drug-likeness (QED) is 0.811. The van der Waals surface area contributed by atoms with Crippen molar-refractivity contribution >= 4 is 17.5 Å². The van der Waals surface area contributed by atoms with Gasteiger partial charge in [0.15, 0.2) is 0 Å². The molecule has 1 unspecified atom stereocenters. The molecule has 5 nitrogen and oxygen atoms in total. The molecule has 0 saturated carbocycles. The van der Waals surface area contributed by atoms with Gasteiger partial charge in [-0.05, 0) is 38.0 Å². The zero-order chi connectivity index (χ0) is 15.7. The fourth-order valence-electron chi connectivity index (χ4n) is 3.29. The largest absolute Gasteiger partial charge is 0.366 e. The summed E-state index contributed by atoms with van der Waals surface area (Å²) in [7, 11) is 0.